The van der Waals surface area contributed by atoms with Gasteiger partial charge >= 0.3 is 5.97 Å². The van der Waals surface area contributed by atoms with Crippen molar-refractivity contribution in [1.29, 1.82) is 0 Å². The number of hydrogen-bond acceptors (Lipinski definition) is 4. The SMILES string of the molecule is CC(C)(C)OC(=O)C1CCN(C(=O)c2ccc(N)cc2)CC1. The Morgan fingerprint density at radius 2 is 1.68 bits per heavy atom. The van der Waals surface area contributed by atoms with Crippen LogP contribution in [0, 0.1) is 5.92 Å². The number of piperidine rings is 1. The molecule has 0 bridgehead atoms. The van der Waals surface area contributed by atoms with E-state index in [1.165, 1.54) is 0 Å². The first-order chi connectivity index (χ1) is 10.3. The zero-order valence-corrected chi connectivity index (χ0v) is 13.5. The largest absolute Gasteiger partial charge is 0.460 e. The molecule has 1 aromatic carbocycles. The van der Waals surface area contributed by atoms with Gasteiger partial charge < -0.3 is 15.4 Å². The van der Waals surface area contributed by atoms with Crippen molar-refractivity contribution >= 4 is 17.6 Å². The minimum atomic E-state index is -0.464. The number of nitrogen functional groups attached to an aromatic ring is 1. The molecule has 1 fully saturated rings. The summed E-state index contributed by atoms with van der Waals surface area (Å²) in [7, 11) is 0. The van der Waals surface area contributed by atoms with Gasteiger partial charge in [-0.15, -0.1) is 0 Å². The molecule has 22 heavy (non-hydrogen) atoms. The molecule has 1 heterocycles. The van der Waals surface area contributed by atoms with Crippen LogP contribution in [0.15, 0.2) is 24.3 Å². The second-order valence-corrected chi connectivity index (χ2v) is 6.72. The van der Waals surface area contributed by atoms with Gasteiger partial charge in [0.1, 0.15) is 5.60 Å². The van der Waals surface area contributed by atoms with E-state index in [0.717, 1.165) is 0 Å². The van der Waals surface area contributed by atoms with Crippen LogP contribution >= 0.6 is 0 Å². The van der Waals surface area contributed by atoms with Crippen molar-refractivity contribution in [3.63, 3.8) is 0 Å². The van der Waals surface area contributed by atoms with Gasteiger partial charge in [0.05, 0.1) is 5.92 Å². The average Bonchev–Trinajstić information content (AvgIpc) is 2.46. The molecule has 1 amide bonds. The third kappa shape index (κ3) is 4.23. The molecule has 1 aliphatic rings. The first-order valence-corrected chi connectivity index (χ1v) is 7.64. The predicted octanol–water partition coefficient (Wildman–Crippen LogP) is 2.46. The lowest BCUT2D eigenvalue weighted by Crippen LogP contribution is -2.41. The van der Waals surface area contributed by atoms with E-state index >= 15 is 0 Å². The normalized spacial score (nSPS) is 16.4. The van der Waals surface area contributed by atoms with Gasteiger partial charge in [0.15, 0.2) is 0 Å². The Morgan fingerprint density at radius 1 is 1.14 bits per heavy atom. The number of hydrogen-bond donors (Lipinski definition) is 1. The number of anilines is 1. The van der Waals surface area contributed by atoms with E-state index in [9.17, 15) is 9.59 Å². The van der Waals surface area contributed by atoms with Crippen LogP contribution in [0.3, 0.4) is 0 Å². The van der Waals surface area contributed by atoms with Crippen LogP contribution in [0.4, 0.5) is 5.69 Å². The summed E-state index contributed by atoms with van der Waals surface area (Å²) in [5.41, 5.74) is 6.44. The summed E-state index contributed by atoms with van der Waals surface area (Å²) in [6.07, 6.45) is 1.30. The van der Waals surface area contributed by atoms with Crippen LogP contribution in [0.2, 0.25) is 0 Å². The molecule has 0 unspecified atom stereocenters. The van der Waals surface area contributed by atoms with Crippen molar-refractivity contribution < 1.29 is 14.3 Å². The van der Waals surface area contributed by atoms with Crippen LogP contribution in [-0.2, 0) is 9.53 Å². The number of carbonyl (C=O) groups is 2. The molecule has 0 spiro atoms. The highest BCUT2D eigenvalue weighted by atomic mass is 16.6. The molecule has 2 N–H and O–H groups in total. The summed E-state index contributed by atoms with van der Waals surface area (Å²) in [5, 5.41) is 0. The number of carbonyl (C=O) groups excluding carboxylic acids is 2. The zero-order valence-electron chi connectivity index (χ0n) is 13.5. The number of likely N-dealkylation sites (tertiary alicyclic amines) is 1. The molecule has 1 saturated heterocycles. The Labute approximate surface area is 131 Å². The van der Waals surface area contributed by atoms with Crippen molar-refractivity contribution in [1.82, 2.24) is 4.90 Å². The Bertz CT molecular complexity index is 538. The van der Waals surface area contributed by atoms with E-state index in [2.05, 4.69) is 0 Å². The minimum Gasteiger partial charge on any atom is -0.460 e. The van der Waals surface area contributed by atoms with Gasteiger partial charge in [-0.05, 0) is 57.9 Å². The molecule has 5 heteroatoms. The third-order valence-electron chi connectivity index (χ3n) is 3.68. The zero-order chi connectivity index (χ0) is 16.3. The van der Waals surface area contributed by atoms with Crippen LogP contribution in [-0.4, -0.2) is 35.5 Å². The van der Waals surface area contributed by atoms with E-state index < -0.39 is 5.60 Å². The second kappa shape index (κ2) is 6.38. The number of nitrogens with two attached hydrogens (primary N) is 1. The van der Waals surface area contributed by atoms with E-state index in [4.69, 9.17) is 10.5 Å². The first-order valence-electron chi connectivity index (χ1n) is 7.64. The Morgan fingerprint density at radius 3 is 2.18 bits per heavy atom. The maximum atomic E-state index is 12.4. The number of amides is 1. The fourth-order valence-electron chi connectivity index (χ4n) is 2.51. The number of benzene rings is 1. The van der Waals surface area contributed by atoms with Crippen LogP contribution in [0.5, 0.6) is 0 Å². The lowest BCUT2D eigenvalue weighted by molar-refractivity contribution is -0.161. The van der Waals surface area contributed by atoms with E-state index in [1.54, 1.807) is 29.2 Å². The molecular weight excluding hydrogens is 280 g/mol. The highest BCUT2D eigenvalue weighted by molar-refractivity contribution is 5.94. The molecule has 1 aliphatic heterocycles. The highest BCUT2D eigenvalue weighted by Gasteiger charge is 2.30. The van der Waals surface area contributed by atoms with Gasteiger partial charge in [-0.25, -0.2) is 0 Å². The average molecular weight is 304 g/mol. The number of nitrogens with zero attached hydrogens (tertiary/aromatic N) is 1. The lowest BCUT2D eigenvalue weighted by atomic mass is 9.96. The summed E-state index contributed by atoms with van der Waals surface area (Å²) >= 11 is 0. The maximum absolute atomic E-state index is 12.4. The quantitative estimate of drug-likeness (QED) is 0.673. The Hall–Kier alpha value is -2.04. The molecular formula is C17H24N2O3. The fourth-order valence-corrected chi connectivity index (χ4v) is 2.51. The highest BCUT2D eigenvalue weighted by Crippen LogP contribution is 2.22. The molecule has 1 aromatic rings. The maximum Gasteiger partial charge on any atom is 0.309 e. The van der Waals surface area contributed by atoms with E-state index in [0.29, 0.717) is 37.2 Å². The predicted molar refractivity (Wildman–Crippen MR) is 85.3 cm³/mol. The monoisotopic (exact) mass is 304 g/mol. The van der Waals surface area contributed by atoms with E-state index in [-0.39, 0.29) is 17.8 Å². The van der Waals surface area contributed by atoms with Crippen molar-refractivity contribution in [2.45, 2.75) is 39.2 Å². The standard InChI is InChI=1S/C17H24N2O3/c1-17(2,3)22-16(21)13-8-10-19(11-9-13)15(20)12-4-6-14(18)7-5-12/h4-7,13H,8-11,18H2,1-3H3. The molecule has 120 valence electrons. The summed E-state index contributed by atoms with van der Waals surface area (Å²) in [6.45, 7) is 6.75. The van der Waals surface area contributed by atoms with E-state index in [1.807, 2.05) is 20.8 Å². The Kier molecular flexibility index (Phi) is 4.74. The molecule has 0 aliphatic carbocycles. The molecule has 0 radical (unpaired) electrons. The Balaban J connectivity index is 1.90. The van der Waals surface area contributed by atoms with Crippen LogP contribution in [0.1, 0.15) is 44.0 Å². The van der Waals surface area contributed by atoms with Gasteiger partial charge in [0.25, 0.3) is 5.91 Å². The topological polar surface area (TPSA) is 72.6 Å². The van der Waals surface area contributed by atoms with Crippen LogP contribution < -0.4 is 5.73 Å². The number of ether oxygens (including phenoxy) is 1. The minimum absolute atomic E-state index is 0.0114. The van der Waals surface area contributed by atoms with Crippen molar-refractivity contribution in [3.05, 3.63) is 29.8 Å². The lowest BCUT2D eigenvalue weighted by Gasteiger charge is -2.32. The fraction of sp³-hybridized carbons (Fsp3) is 0.529. The molecule has 5 nitrogen and oxygen atoms in total. The van der Waals surface area contributed by atoms with Gasteiger partial charge in [-0.2, -0.15) is 0 Å². The second-order valence-electron chi connectivity index (χ2n) is 6.72. The van der Waals surface area contributed by atoms with Crippen molar-refractivity contribution in [2.75, 3.05) is 18.8 Å². The molecule has 0 aromatic heterocycles. The summed E-state index contributed by atoms with van der Waals surface area (Å²) in [5.74, 6) is -0.288. The third-order valence-corrected chi connectivity index (χ3v) is 3.68. The van der Waals surface area contributed by atoms with Crippen LogP contribution in [0.25, 0.3) is 0 Å². The van der Waals surface area contributed by atoms with Crippen molar-refractivity contribution in [2.24, 2.45) is 5.92 Å². The van der Waals surface area contributed by atoms with Gasteiger partial charge in [0, 0.05) is 24.3 Å². The summed E-state index contributed by atoms with van der Waals surface area (Å²) in [6, 6.07) is 6.91. The smallest absolute Gasteiger partial charge is 0.309 e. The summed E-state index contributed by atoms with van der Waals surface area (Å²) < 4.78 is 5.41. The van der Waals surface area contributed by atoms with Gasteiger partial charge in [-0.1, -0.05) is 0 Å². The van der Waals surface area contributed by atoms with Gasteiger partial charge in [0.2, 0.25) is 0 Å². The molecule has 0 saturated carbocycles. The molecule has 2 rings (SSSR count). The molecule has 0 atom stereocenters. The van der Waals surface area contributed by atoms with Gasteiger partial charge in [-0.3, -0.25) is 9.59 Å². The number of rotatable bonds is 2. The number of esters is 1. The van der Waals surface area contributed by atoms with Crippen molar-refractivity contribution in [3.8, 4) is 0 Å². The first kappa shape index (κ1) is 16.3. The summed E-state index contributed by atoms with van der Waals surface area (Å²) in [4.78, 5) is 26.2.